The van der Waals surface area contributed by atoms with Gasteiger partial charge in [0, 0.05) is 17.2 Å². The molecule has 78 valence electrons. The zero-order valence-electron chi connectivity index (χ0n) is 9.72. The summed E-state index contributed by atoms with van der Waals surface area (Å²) in [5.74, 6) is 1.55. The Hall–Kier alpha value is -0.720. The molecule has 0 aromatic heterocycles. The fraction of sp³-hybridized carbons (Fsp3) is 0.692. The summed E-state index contributed by atoms with van der Waals surface area (Å²) in [7, 11) is 0. The highest BCUT2D eigenvalue weighted by atomic mass is 15.0. The van der Waals surface area contributed by atoms with Crippen LogP contribution in [0.25, 0.3) is 0 Å². The Kier molecular flexibility index (Phi) is 2.21. The molecule has 0 bridgehead atoms. The molecule has 2 rings (SSSR count). The van der Waals surface area contributed by atoms with E-state index >= 15 is 0 Å². The van der Waals surface area contributed by atoms with Gasteiger partial charge in [0.15, 0.2) is 0 Å². The molecule has 2 atom stereocenters. The summed E-state index contributed by atoms with van der Waals surface area (Å²) in [4.78, 5) is 0. The SMILES string of the molecule is CC1=CC=C2NC(C)(C)CC(C)C2C1. The number of hydrogen-bond donors (Lipinski definition) is 1. The molecule has 0 amide bonds. The molecule has 1 heteroatoms. The zero-order valence-corrected chi connectivity index (χ0v) is 9.72. The van der Waals surface area contributed by atoms with Crippen LogP contribution in [0.4, 0.5) is 0 Å². The summed E-state index contributed by atoms with van der Waals surface area (Å²) < 4.78 is 0. The Morgan fingerprint density at radius 1 is 1.36 bits per heavy atom. The van der Waals surface area contributed by atoms with Crippen LogP contribution in [0.5, 0.6) is 0 Å². The van der Waals surface area contributed by atoms with Crippen molar-refractivity contribution < 1.29 is 0 Å². The molecule has 2 aliphatic rings. The lowest BCUT2D eigenvalue weighted by Crippen LogP contribution is -2.48. The minimum Gasteiger partial charge on any atom is -0.383 e. The Morgan fingerprint density at radius 2 is 2.07 bits per heavy atom. The van der Waals surface area contributed by atoms with Crippen LogP contribution in [0.2, 0.25) is 0 Å². The summed E-state index contributed by atoms with van der Waals surface area (Å²) in [5, 5.41) is 3.66. The molecule has 0 aromatic carbocycles. The predicted molar refractivity (Wildman–Crippen MR) is 60.9 cm³/mol. The first-order valence-corrected chi connectivity index (χ1v) is 5.63. The minimum absolute atomic E-state index is 0.279. The van der Waals surface area contributed by atoms with Crippen molar-refractivity contribution in [2.24, 2.45) is 11.8 Å². The number of fused-ring (bicyclic) bond motifs is 1. The average Bonchev–Trinajstić information content (AvgIpc) is 2.05. The van der Waals surface area contributed by atoms with Crippen LogP contribution in [0.15, 0.2) is 23.4 Å². The summed E-state index contributed by atoms with van der Waals surface area (Å²) in [6, 6.07) is 0. The first kappa shape index (κ1) is 9.82. The second-order valence-electron chi connectivity index (χ2n) is 5.64. The standard InChI is InChI=1S/C13H21N/c1-9-5-6-12-11(7-9)10(2)8-13(3,4)14-12/h5-6,10-11,14H,7-8H2,1-4H3. The van der Waals surface area contributed by atoms with Crippen molar-refractivity contribution in [3.8, 4) is 0 Å². The fourth-order valence-corrected chi connectivity index (χ4v) is 2.91. The lowest BCUT2D eigenvalue weighted by atomic mass is 9.73. The quantitative estimate of drug-likeness (QED) is 0.620. The lowest BCUT2D eigenvalue weighted by Gasteiger charge is -2.44. The van der Waals surface area contributed by atoms with Crippen LogP contribution in [0.3, 0.4) is 0 Å². The van der Waals surface area contributed by atoms with E-state index < -0.39 is 0 Å². The molecule has 0 spiro atoms. The molecule has 0 radical (unpaired) electrons. The molecule has 1 nitrogen and oxygen atoms in total. The molecule has 1 aliphatic heterocycles. The third-order valence-corrected chi connectivity index (χ3v) is 3.49. The van der Waals surface area contributed by atoms with E-state index in [4.69, 9.17) is 0 Å². The number of nitrogens with one attached hydrogen (secondary N) is 1. The maximum Gasteiger partial charge on any atom is 0.0317 e. The summed E-state index contributed by atoms with van der Waals surface area (Å²) >= 11 is 0. The lowest BCUT2D eigenvalue weighted by molar-refractivity contribution is 0.211. The van der Waals surface area contributed by atoms with Gasteiger partial charge in [0.05, 0.1) is 0 Å². The van der Waals surface area contributed by atoms with Gasteiger partial charge in [-0.2, -0.15) is 0 Å². The van der Waals surface area contributed by atoms with Gasteiger partial charge in [0.25, 0.3) is 0 Å². The van der Waals surface area contributed by atoms with E-state index in [1.165, 1.54) is 24.1 Å². The monoisotopic (exact) mass is 191 g/mol. The summed E-state index contributed by atoms with van der Waals surface area (Å²) in [6.45, 7) is 9.22. The van der Waals surface area contributed by atoms with Crippen LogP contribution >= 0.6 is 0 Å². The molecule has 0 saturated carbocycles. The third kappa shape index (κ3) is 1.73. The largest absolute Gasteiger partial charge is 0.383 e. The second kappa shape index (κ2) is 3.15. The van der Waals surface area contributed by atoms with Gasteiger partial charge in [-0.3, -0.25) is 0 Å². The van der Waals surface area contributed by atoms with Crippen LogP contribution in [-0.2, 0) is 0 Å². The Balaban J connectivity index is 2.25. The van der Waals surface area contributed by atoms with Gasteiger partial charge in [-0.15, -0.1) is 0 Å². The molecule has 0 aromatic rings. The maximum absolute atomic E-state index is 3.66. The van der Waals surface area contributed by atoms with Crippen molar-refractivity contribution in [3.05, 3.63) is 23.4 Å². The Morgan fingerprint density at radius 3 is 2.79 bits per heavy atom. The van der Waals surface area contributed by atoms with Gasteiger partial charge >= 0.3 is 0 Å². The maximum atomic E-state index is 3.66. The Bertz CT molecular complexity index is 296. The minimum atomic E-state index is 0.279. The van der Waals surface area contributed by atoms with Crippen LogP contribution in [0.1, 0.15) is 40.5 Å². The van der Waals surface area contributed by atoms with Gasteiger partial charge in [0.1, 0.15) is 0 Å². The second-order valence-corrected chi connectivity index (χ2v) is 5.64. The van der Waals surface area contributed by atoms with E-state index in [1.54, 1.807) is 0 Å². The Labute approximate surface area is 87.3 Å². The van der Waals surface area contributed by atoms with Crippen molar-refractivity contribution in [2.45, 2.75) is 46.1 Å². The molecule has 1 aliphatic carbocycles. The van der Waals surface area contributed by atoms with Crippen LogP contribution in [0, 0.1) is 11.8 Å². The highest BCUT2D eigenvalue weighted by molar-refractivity contribution is 5.27. The van der Waals surface area contributed by atoms with Gasteiger partial charge in [-0.1, -0.05) is 18.6 Å². The van der Waals surface area contributed by atoms with E-state index in [9.17, 15) is 0 Å². The van der Waals surface area contributed by atoms with E-state index in [0.717, 1.165) is 11.8 Å². The van der Waals surface area contributed by atoms with Crippen molar-refractivity contribution in [3.63, 3.8) is 0 Å². The van der Waals surface area contributed by atoms with Crippen molar-refractivity contribution in [1.29, 1.82) is 0 Å². The number of allylic oxidation sites excluding steroid dienone is 4. The van der Waals surface area contributed by atoms with Crippen molar-refractivity contribution in [1.82, 2.24) is 5.32 Å². The highest BCUT2D eigenvalue weighted by Crippen LogP contribution is 2.39. The van der Waals surface area contributed by atoms with Gasteiger partial charge in [-0.25, -0.2) is 0 Å². The molecule has 2 unspecified atom stereocenters. The predicted octanol–water partition coefficient (Wildman–Crippen LogP) is 3.24. The number of piperidine rings is 1. The van der Waals surface area contributed by atoms with E-state index in [-0.39, 0.29) is 5.54 Å². The van der Waals surface area contributed by atoms with Crippen LogP contribution < -0.4 is 5.32 Å². The molecule has 1 saturated heterocycles. The number of hydrogen-bond acceptors (Lipinski definition) is 1. The van der Waals surface area contributed by atoms with E-state index in [0.29, 0.717) is 0 Å². The highest BCUT2D eigenvalue weighted by Gasteiger charge is 2.35. The normalized spacial score (nSPS) is 35.1. The molecular formula is C13H21N. The van der Waals surface area contributed by atoms with Gasteiger partial charge in [-0.05, 0) is 45.6 Å². The number of rotatable bonds is 0. The van der Waals surface area contributed by atoms with Crippen molar-refractivity contribution >= 4 is 0 Å². The fourth-order valence-electron chi connectivity index (χ4n) is 2.91. The van der Waals surface area contributed by atoms with Gasteiger partial charge in [0.2, 0.25) is 0 Å². The molecule has 1 N–H and O–H groups in total. The summed E-state index contributed by atoms with van der Waals surface area (Å²) in [5.41, 5.74) is 3.26. The molecular weight excluding hydrogens is 170 g/mol. The topological polar surface area (TPSA) is 12.0 Å². The van der Waals surface area contributed by atoms with E-state index in [2.05, 4.69) is 45.2 Å². The van der Waals surface area contributed by atoms with Gasteiger partial charge < -0.3 is 5.32 Å². The van der Waals surface area contributed by atoms with Crippen molar-refractivity contribution in [2.75, 3.05) is 0 Å². The smallest absolute Gasteiger partial charge is 0.0317 e. The molecule has 1 fully saturated rings. The third-order valence-electron chi connectivity index (χ3n) is 3.49. The van der Waals surface area contributed by atoms with Crippen LogP contribution in [-0.4, -0.2) is 5.54 Å². The molecule has 14 heavy (non-hydrogen) atoms. The van der Waals surface area contributed by atoms with E-state index in [1.807, 2.05) is 0 Å². The first-order chi connectivity index (χ1) is 6.48. The summed E-state index contributed by atoms with van der Waals surface area (Å²) in [6.07, 6.45) is 7.06. The first-order valence-electron chi connectivity index (χ1n) is 5.63. The zero-order chi connectivity index (χ0) is 10.3. The molecule has 1 heterocycles. The average molecular weight is 191 g/mol.